The van der Waals surface area contributed by atoms with Crippen molar-refractivity contribution in [1.29, 1.82) is 0 Å². The van der Waals surface area contributed by atoms with Crippen molar-refractivity contribution in [2.45, 2.75) is 52.0 Å². The summed E-state index contributed by atoms with van der Waals surface area (Å²) < 4.78 is 0. The molecule has 1 aromatic carbocycles. The molecule has 1 aliphatic rings. The molecule has 1 heterocycles. The van der Waals surface area contributed by atoms with Gasteiger partial charge in [-0.1, -0.05) is 44.7 Å². The number of carbonyl (C=O) groups excluding carboxylic acids is 1. The highest BCUT2D eigenvalue weighted by molar-refractivity contribution is 7.99. The van der Waals surface area contributed by atoms with Crippen LogP contribution in [0, 0.1) is 0 Å². The number of thioether (sulfide) groups is 1. The minimum Gasteiger partial charge on any atom is -0.370 e. The quantitative estimate of drug-likeness (QED) is 0.686. The standard InChI is InChI=1S/C19H30N2OS/c1-2-3-4-5-6-7-19(22)20-16-17-8-10-18(11-9-17)21-12-14-23-15-13-21/h8-11H,2-7,12-16H2,1H3,(H,20,22). The fourth-order valence-electron chi connectivity index (χ4n) is 2.82. The van der Waals surface area contributed by atoms with Crippen LogP contribution in [0.15, 0.2) is 24.3 Å². The minimum atomic E-state index is 0.179. The molecule has 1 amide bonds. The summed E-state index contributed by atoms with van der Waals surface area (Å²) in [6.07, 6.45) is 6.62. The first-order valence-electron chi connectivity index (χ1n) is 8.98. The first-order chi connectivity index (χ1) is 11.3. The molecular weight excluding hydrogens is 304 g/mol. The number of carbonyl (C=O) groups is 1. The molecule has 23 heavy (non-hydrogen) atoms. The molecule has 0 atom stereocenters. The molecule has 0 aromatic heterocycles. The third-order valence-corrected chi connectivity index (χ3v) is 5.25. The lowest BCUT2D eigenvalue weighted by molar-refractivity contribution is -0.121. The van der Waals surface area contributed by atoms with Crippen LogP contribution in [0.2, 0.25) is 0 Å². The highest BCUT2D eigenvalue weighted by atomic mass is 32.2. The van der Waals surface area contributed by atoms with Crippen LogP contribution in [0.5, 0.6) is 0 Å². The zero-order chi connectivity index (χ0) is 16.3. The number of unbranched alkanes of at least 4 members (excludes halogenated alkanes) is 4. The van der Waals surface area contributed by atoms with Crippen molar-refractivity contribution in [3.8, 4) is 0 Å². The minimum absolute atomic E-state index is 0.179. The maximum absolute atomic E-state index is 11.8. The fourth-order valence-corrected chi connectivity index (χ4v) is 3.73. The predicted molar refractivity (Wildman–Crippen MR) is 101 cm³/mol. The van der Waals surface area contributed by atoms with Crippen molar-refractivity contribution in [2.75, 3.05) is 29.5 Å². The fraction of sp³-hybridized carbons (Fsp3) is 0.632. The summed E-state index contributed by atoms with van der Waals surface area (Å²) in [5.41, 5.74) is 2.48. The first-order valence-corrected chi connectivity index (χ1v) is 10.1. The van der Waals surface area contributed by atoms with E-state index in [1.54, 1.807) is 0 Å². The van der Waals surface area contributed by atoms with Crippen molar-refractivity contribution < 1.29 is 4.79 Å². The van der Waals surface area contributed by atoms with E-state index in [2.05, 4.69) is 41.4 Å². The molecule has 0 bridgehead atoms. The topological polar surface area (TPSA) is 32.3 Å². The predicted octanol–water partition coefficient (Wildman–Crippen LogP) is 4.22. The van der Waals surface area contributed by atoms with Gasteiger partial charge in [-0.2, -0.15) is 11.8 Å². The van der Waals surface area contributed by atoms with E-state index in [4.69, 9.17) is 0 Å². The summed E-state index contributed by atoms with van der Waals surface area (Å²) in [7, 11) is 0. The zero-order valence-electron chi connectivity index (χ0n) is 14.4. The average Bonchev–Trinajstić information content (AvgIpc) is 2.61. The van der Waals surface area contributed by atoms with Crippen molar-refractivity contribution in [3.05, 3.63) is 29.8 Å². The summed E-state index contributed by atoms with van der Waals surface area (Å²) in [5.74, 6) is 2.62. The Morgan fingerprint density at radius 1 is 1.09 bits per heavy atom. The Labute approximate surface area is 145 Å². The van der Waals surface area contributed by atoms with Crippen LogP contribution in [0.4, 0.5) is 5.69 Å². The molecule has 4 heteroatoms. The third-order valence-electron chi connectivity index (χ3n) is 4.31. The summed E-state index contributed by atoms with van der Waals surface area (Å²) in [4.78, 5) is 14.3. The van der Waals surface area contributed by atoms with Gasteiger partial charge in [-0.15, -0.1) is 0 Å². The second-order valence-electron chi connectivity index (χ2n) is 6.21. The normalized spacial score (nSPS) is 14.7. The molecule has 1 fully saturated rings. The lowest BCUT2D eigenvalue weighted by atomic mass is 10.1. The smallest absolute Gasteiger partial charge is 0.220 e. The Hall–Kier alpha value is -1.16. The highest BCUT2D eigenvalue weighted by Crippen LogP contribution is 2.19. The molecule has 0 spiro atoms. The van der Waals surface area contributed by atoms with Gasteiger partial charge in [0.05, 0.1) is 0 Å². The van der Waals surface area contributed by atoms with Crippen LogP contribution >= 0.6 is 11.8 Å². The van der Waals surface area contributed by atoms with Gasteiger partial charge in [0, 0.05) is 43.2 Å². The third kappa shape index (κ3) is 6.86. The van der Waals surface area contributed by atoms with Gasteiger partial charge in [0.15, 0.2) is 0 Å². The van der Waals surface area contributed by atoms with E-state index in [0.29, 0.717) is 13.0 Å². The Morgan fingerprint density at radius 2 is 1.78 bits per heavy atom. The van der Waals surface area contributed by atoms with Crippen molar-refractivity contribution >= 4 is 23.4 Å². The Bertz CT molecular complexity index is 455. The molecule has 0 aliphatic carbocycles. The highest BCUT2D eigenvalue weighted by Gasteiger charge is 2.10. The van der Waals surface area contributed by atoms with Gasteiger partial charge in [0.2, 0.25) is 5.91 Å². The van der Waals surface area contributed by atoms with Crippen LogP contribution in [-0.2, 0) is 11.3 Å². The second-order valence-corrected chi connectivity index (χ2v) is 7.43. The SMILES string of the molecule is CCCCCCCC(=O)NCc1ccc(N2CCSCC2)cc1. The maximum atomic E-state index is 11.8. The van der Waals surface area contributed by atoms with Crippen LogP contribution < -0.4 is 10.2 Å². The first kappa shape index (κ1) is 18.2. The van der Waals surface area contributed by atoms with E-state index < -0.39 is 0 Å². The van der Waals surface area contributed by atoms with Gasteiger partial charge in [-0.25, -0.2) is 0 Å². The molecule has 128 valence electrons. The number of benzene rings is 1. The Kier molecular flexibility index (Phi) is 8.37. The van der Waals surface area contributed by atoms with E-state index >= 15 is 0 Å². The molecule has 0 radical (unpaired) electrons. The molecule has 1 aliphatic heterocycles. The molecule has 1 saturated heterocycles. The van der Waals surface area contributed by atoms with Gasteiger partial charge < -0.3 is 10.2 Å². The Balaban J connectivity index is 1.66. The molecule has 1 aromatic rings. The molecular formula is C19H30N2OS. The maximum Gasteiger partial charge on any atom is 0.220 e. The van der Waals surface area contributed by atoms with Crippen molar-refractivity contribution in [1.82, 2.24) is 5.32 Å². The number of hydrogen-bond donors (Lipinski definition) is 1. The zero-order valence-corrected chi connectivity index (χ0v) is 15.2. The van der Waals surface area contributed by atoms with Crippen LogP contribution in [0.25, 0.3) is 0 Å². The van der Waals surface area contributed by atoms with Crippen LogP contribution in [-0.4, -0.2) is 30.5 Å². The van der Waals surface area contributed by atoms with Crippen molar-refractivity contribution in [3.63, 3.8) is 0 Å². The summed E-state index contributed by atoms with van der Waals surface area (Å²) in [6, 6.07) is 8.64. The molecule has 1 N–H and O–H groups in total. The van der Waals surface area contributed by atoms with Gasteiger partial charge >= 0.3 is 0 Å². The number of hydrogen-bond acceptors (Lipinski definition) is 3. The van der Waals surface area contributed by atoms with Crippen molar-refractivity contribution in [2.24, 2.45) is 0 Å². The summed E-state index contributed by atoms with van der Waals surface area (Å²) in [5, 5.41) is 3.03. The molecule has 3 nitrogen and oxygen atoms in total. The van der Waals surface area contributed by atoms with Crippen LogP contribution in [0.3, 0.4) is 0 Å². The molecule has 0 saturated carbocycles. The van der Waals surface area contributed by atoms with E-state index in [0.717, 1.165) is 19.5 Å². The van der Waals surface area contributed by atoms with E-state index in [-0.39, 0.29) is 5.91 Å². The van der Waals surface area contributed by atoms with Gasteiger partial charge in [-0.05, 0) is 24.1 Å². The number of rotatable bonds is 9. The molecule has 0 unspecified atom stereocenters. The van der Waals surface area contributed by atoms with E-state index in [1.807, 2.05) is 11.8 Å². The number of anilines is 1. The summed E-state index contributed by atoms with van der Waals surface area (Å²) in [6.45, 7) is 5.13. The van der Waals surface area contributed by atoms with E-state index in [9.17, 15) is 4.79 Å². The summed E-state index contributed by atoms with van der Waals surface area (Å²) >= 11 is 2.03. The second kappa shape index (κ2) is 10.6. The largest absolute Gasteiger partial charge is 0.370 e. The van der Waals surface area contributed by atoms with E-state index in [1.165, 1.54) is 48.4 Å². The van der Waals surface area contributed by atoms with Crippen LogP contribution in [0.1, 0.15) is 51.0 Å². The monoisotopic (exact) mass is 334 g/mol. The van der Waals surface area contributed by atoms with Gasteiger partial charge in [-0.3, -0.25) is 4.79 Å². The number of amides is 1. The van der Waals surface area contributed by atoms with Gasteiger partial charge in [0.1, 0.15) is 0 Å². The lowest BCUT2D eigenvalue weighted by Crippen LogP contribution is -2.32. The number of nitrogens with zero attached hydrogens (tertiary/aromatic N) is 1. The molecule has 2 rings (SSSR count). The average molecular weight is 335 g/mol. The van der Waals surface area contributed by atoms with Gasteiger partial charge in [0.25, 0.3) is 0 Å². The Morgan fingerprint density at radius 3 is 2.48 bits per heavy atom. The lowest BCUT2D eigenvalue weighted by Gasteiger charge is -2.28. The number of nitrogens with one attached hydrogen (secondary N) is 1.